The lowest BCUT2D eigenvalue weighted by Crippen LogP contribution is -2.23. The standard InChI is InChI=1S/C29H25N3O7/c1-4-37-25-14-18(12-13-24(25)38-17(2)29(34)35)16-30-32-27(31-21-9-6-5-8-19(21)28(32)33)26-15-20-22(36-3)10-7-11-23(20)39-26/h5-17H,4H2,1-3H3,(H,34,35)/t17-/m1/s1. The Morgan fingerprint density at radius 2 is 1.90 bits per heavy atom. The van der Waals surface area contributed by atoms with E-state index in [0.29, 0.717) is 45.9 Å². The first-order valence-electron chi connectivity index (χ1n) is 12.2. The zero-order valence-corrected chi connectivity index (χ0v) is 21.5. The van der Waals surface area contributed by atoms with Gasteiger partial charge in [-0.05, 0) is 67.9 Å². The molecule has 0 unspecified atom stereocenters. The van der Waals surface area contributed by atoms with Crippen LogP contribution in [0.15, 0.2) is 81.0 Å². The number of fused-ring (bicyclic) bond motifs is 2. The Labute approximate surface area is 222 Å². The molecule has 0 aliphatic heterocycles. The summed E-state index contributed by atoms with van der Waals surface area (Å²) >= 11 is 0. The fraction of sp³-hybridized carbons (Fsp3) is 0.172. The quantitative estimate of drug-likeness (QED) is 0.267. The maximum atomic E-state index is 13.5. The van der Waals surface area contributed by atoms with Gasteiger partial charge in [0.05, 0.1) is 36.2 Å². The fourth-order valence-corrected chi connectivity index (χ4v) is 4.05. The number of aromatic nitrogens is 2. The van der Waals surface area contributed by atoms with Crippen LogP contribution in [0.4, 0.5) is 0 Å². The molecule has 1 N–H and O–H groups in total. The molecule has 2 heterocycles. The third-order valence-corrected chi connectivity index (χ3v) is 5.96. The van der Waals surface area contributed by atoms with Crippen molar-refractivity contribution in [1.29, 1.82) is 0 Å². The van der Waals surface area contributed by atoms with Gasteiger partial charge in [0, 0.05) is 0 Å². The van der Waals surface area contributed by atoms with Crippen LogP contribution in [0.3, 0.4) is 0 Å². The van der Waals surface area contributed by atoms with Crippen molar-refractivity contribution < 1.29 is 28.5 Å². The summed E-state index contributed by atoms with van der Waals surface area (Å²) in [7, 11) is 1.57. The monoisotopic (exact) mass is 527 g/mol. The normalized spacial score (nSPS) is 12.2. The van der Waals surface area contributed by atoms with Crippen LogP contribution in [0.25, 0.3) is 33.5 Å². The van der Waals surface area contributed by atoms with E-state index < -0.39 is 12.1 Å². The summed E-state index contributed by atoms with van der Waals surface area (Å²) in [6.45, 7) is 3.58. The van der Waals surface area contributed by atoms with E-state index in [4.69, 9.17) is 23.6 Å². The zero-order chi connectivity index (χ0) is 27.5. The Morgan fingerprint density at radius 3 is 2.67 bits per heavy atom. The lowest BCUT2D eigenvalue weighted by molar-refractivity contribution is -0.144. The third-order valence-electron chi connectivity index (χ3n) is 5.96. The summed E-state index contributed by atoms with van der Waals surface area (Å²) in [6.07, 6.45) is 0.424. The second-order valence-electron chi connectivity index (χ2n) is 8.53. The Hall–Kier alpha value is -5.12. The predicted octanol–water partition coefficient (Wildman–Crippen LogP) is 4.95. The fourth-order valence-electron chi connectivity index (χ4n) is 4.05. The molecule has 0 bridgehead atoms. The molecule has 2 aromatic heterocycles. The highest BCUT2D eigenvalue weighted by Gasteiger charge is 2.19. The summed E-state index contributed by atoms with van der Waals surface area (Å²) < 4.78 is 23.9. The number of carboxylic acids is 1. The maximum absolute atomic E-state index is 13.5. The highest BCUT2D eigenvalue weighted by molar-refractivity contribution is 5.88. The Balaban J connectivity index is 1.61. The SMILES string of the molecule is CCOc1cc(C=Nn2c(-c3cc4c(OC)cccc4o3)nc3ccccc3c2=O)ccc1O[C@H](C)C(=O)O. The summed E-state index contributed by atoms with van der Waals surface area (Å²) in [5.74, 6) is 0.726. The number of furan rings is 1. The average Bonchev–Trinajstić information content (AvgIpc) is 3.38. The minimum atomic E-state index is -1.10. The van der Waals surface area contributed by atoms with Gasteiger partial charge in [0.25, 0.3) is 5.56 Å². The molecule has 10 nitrogen and oxygen atoms in total. The Bertz CT molecular complexity index is 1770. The van der Waals surface area contributed by atoms with E-state index in [2.05, 4.69) is 5.10 Å². The molecular weight excluding hydrogens is 502 g/mol. The van der Waals surface area contributed by atoms with Gasteiger partial charge in [-0.1, -0.05) is 18.2 Å². The molecule has 0 saturated carbocycles. The van der Waals surface area contributed by atoms with E-state index in [-0.39, 0.29) is 17.1 Å². The lowest BCUT2D eigenvalue weighted by Gasteiger charge is -2.15. The van der Waals surface area contributed by atoms with Crippen LogP contribution < -0.4 is 19.8 Å². The van der Waals surface area contributed by atoms with E-state index in [1.54, 1.807) is 68.6 Å². The number of rotatable bonds is 9. The number of nitrogens with zero attached hydrogens (tertiary/aromatic N) is 3. The van der Waals surface area contributed by atoms with Crippen molar-refractivity contribution in [1.82, 2.24) is 9.66 Å². The van der Waals surface area contributed by atoms with E-state index >= 15 is 0 Å². The van der Waals surface area contributed by atoms with Crippen molar-refractivity contribution in [3.05, 3.63) is 82.6 Å². The number of ether oxygens (including phenoxy) is 3. The van der Waals surface area contributed by atoms with Crippen LogP contribution in [0.5, 0.6) is 17.2 Å². The van der Waals surface area contributed by atoms with Crippen molar-refractivity contribution in [2.24, 2.45) is 5.10 Å². The average molecular weight is 528 g/mol. The van der Waals surface area contributed by atoms with Crippen molar-refractivity contribution in [2.45, 2.75) is 20.0 Å². The molecule has 0 fully saturated rings. The molecule has 5 aromatic rings. The van der Waals surface area contributed by atoms with Gasteiger partial charge >= 0.3 is 5.97 Å². The number of aliphatic carboxylic acids is 1. The zero-order valence-electron chi connectivity index (χ0n) is 21.5. The molecule has 198 valence electrons. The van der Waals surface area contributed by atoms with Crippen LogP contribution in [0, 0.1) is 0 Å². The molecule has 1 atom stereocenters. The number of carboxylic acid groups (broad SMARTS) is 1. The number of hydrogen-bond acceptors (Lipinski definition) is 8. The first kappa shape index (κ1) is 25.5. The topological polar surface area (TPSA) is 125 Å². The summed E-state index contributed by atoms with van der Waals surface area (Å²) in [5, 5.41) is 14.8. The lowest BCUT2D eigenvalue weighted by atomic mass is 10.2. The van der Waals surface area contributed by atoms with E-state index in [9.17, 15) is 14.7 Å². The maximum Gasteiger partial charge on any atom is 0.344 e. The van der Waals surface area contributed by atoms with Gasteiger partial charge < -0.3 is 23.7 Å². The second kappa shape index (κ2) is 10.7. The number of carbonyl (C=O) groups is 1. The highest BCUT2D eigenvalue weighted by Crippen LogP contribution is 2.33. The number of methoxy groups -OCH3 is 1. The molecule has 0 amide bonds. The molecule has 0 radical (unpaired) electrons. The molecule has 39 heavy (non-hydrogen) atoms. The van der Waals surface area contributed by atoms with Crippen LogP contribution >= 0.6 is 0 Å². The van der Waals surface area contributed by atoms with Gasteiger partial charge in [-0.3, -0.25) is 4.79 Å². The molecule has 0 aliphatic rings. The van der Waals surface area contributed by atoms with Crippen molar-refractivity contribution in [3.63, 3.8) is 0 Å². The van der Waals surface area contributed by atoms with E-state index in [1.807, 2.05) is 12.1 Å². The minimum absolute atomic E-state index is 0.216. The highest BCUT2D eigenvalue weighted by atomic mass is 16.5. The minimum Gasteiger partial charge on any atom is -0.496 e. The van der Waals surface area contributed by atoms with E-state index in [0.717, 1.165) is 5.39 Å². The Morgan fingerprint density at radius 1 is 1.08 bits per heavy atom. The third kappa shape index (κ3) is 5.04. The van der Waals surface area contributed by atoms with E-state index in [1.165, 1.54) is 17.8 Å². The number of benzene rings is 3. The van der Waals surface area contributed by atoms with Crippen LogP contribution in [-0.2, 0) is 4.79 Å². The molecule has 0 spiro atoms. The van der Waals surface area contributed by atoms with Crippen LogP contribution in [-0.4, -0.2) is 46.8 Å². The van der Waals surface area contributed by atoms with Gasteiger partial charge in [0.1, 0.15) is 11.3 Å². The first-order valence-corrected chi connectivity index (χ1v) is 12.2. The predicted molar refractivity (Wildman–Crippen MR) is 146 cm³/mol. The van der Waals surface area contributed by atoms with Crippen molar-refractivity contribution in [2.75, 3.05) is 13.7 Å². The van der Waals surface area contributed by atoms with Gasteiger partial charge in [-0.25, -0.2) is 9.78 Å². The summed E-state index contributed by atoms with van der Waals surface area (Å²) in [4.78, 5) is 29.5. The number of para-hydroxylation sites is 1. The second-order valence-corrected chi connectivity index (χ2v) is 8.53. The van der Waals surface area contributed by atoms with Crippen molar-refractivity contribution in [3.8, 4) is 28.8 Å². The molecular formula is C29H25N3O7. The van der Waals surface area contributed by atoms with Crippen molar-refractivity contribution >= 4 is 34.1 Å². The van der Waals surface area contributed by atoms with Gasteiger partial charge in [-0.15, -0.1) is 0 Å². The van der Waals surface area contributed by atoms with Crippen LogP contribution in [0.1, 0.15) is 19.4 Å². The molecule has 0 saturated heterocycles. The van der Waals surface area contributed by atoms with Crippen LogP contribution in [0.2, 0.25) is 0 Å². The number of hydrogen-bond donors (Lipinski definition) is 1. The Kier molecular flexibility index (Phi) is 7.00. The molecule has 3 aromatic carbocycles. The largest absolute Gasteiger partial charge is 0.496 e. The summed E-state index contributed by atoms with van der Waals surface area (Å²) in [6, 6.07) is 19.1. The summed E-state index contributed by atoms with van der Waals surface area (Å²) in [5.41, 5.74) is 1.30. The molecule has 0 aliphatic carbocycles. The van der Waals surface area contributed by atoms with Gasteiger partial charge in [0.2, 0.25) is 5.82 Å². The van der Waals surface area contributed by atoms with Gasteiger partial charge in [0.15, 0.2) is 23.4 Å². The smallest absolute Gasteiger partial charge is 0.344 e. The molecule has 5 rings (SSSR count). The van der Waals surface area contributed by atoms with Gasteiger partial charge in [-0.2, -0.15) is 9.78 Å². The first-order chi connectivity index (χ1) is 18.9. The molecule has 10 heteroatoms.